The van der Waals surface area contributed by atoms with Gasteiger partial charge in [-0.2, -0.15) is 0 Å². The molecule has 4 rings (SSSR count). The maximum Gasteiger partial charge on any atom is 0.325 e. The van der Waals surface area contributed by atoms with Crippen molar-refractivity contribution >= 4 is 35.6 Å². The van der Waals surface area contributed by atoms with Crippen LogP contribution in [0.1, 0.15) is 82.2 Å². The largest absolute Gasteiger partial charge is 0.480 e. The standard InChI is InChI=1S/C35H51N5O10/c1-39-30(42)19-28(33(39)24-5-3-15-36-20-24)34(46)37-16-18-50-27-13-11-26(12-14-27)49-17-4-6-29(41)38-25-9-7-23(8-10-25)35(47)40(21-31(43)44)22-32(45)48-2/h3,5,15,20,23,25-28,33H,4,6-14,16-19,21-22H2,1-2H3,(H,37,46)(H,38,41)(H,43,44)/t23?,25?,26?,27?,28-,33+/m0/s1. The highest BCUT2D eigenvalue weighted by atomic mass is 16.5. The number of carbonyl (C=O) groups is 6. The number of likely N-dealkylation sites (tertiary alicyclic amines) is 1. The summed E-state index contributed by atoms with van der Waals surface area (Å²) < 4.78 is 16.6. The van der Waals surface area contributed by atoms with Crippen molar-refractivity contribution in [1.82, 2.24) is 25.4 Å². The number of nitrogens with zero attached hydrogens (tertiary/aromatic N) is 3. The Balaban J connectivity index is 1.03. The molecule has 1 saturated heterocycles. The van der Waals surface area contributed by atoms with Crippen molar-refractivity contribution < 1.29 is 48.1 Å². The van der Waals surface area contributed by atoms with Crippen LogP contribution in [0.4, 0.5) is 0 Å². The minimum absolute atomic E-state index is 0.0537. The highest BCUT2D eigenvalue weighted by Crippen LogP contribution is 2.36. The zero-order valence-corrected chi connectivity index (χ0v) is 29.1. The second kappa shape index (κ2) is 19.3. The molecule has 0 radical (unpaired) electrons. The second-order valence-corrected chi connectivity index (χ2v) is 13.4. The van der Waals surface area contributed by atoms with Crippen molar-refractivity contribution in [3.8, 4) is 0 Å². The summed E-state index contributed by atoms with van der Waals surface area (Å²) in [6.45, 7) is 0.266. The molecule has 0 aromatic carbocycles. The van der Waals surface area contributed by atoms with Gasteiger partial charge in [-0.3, -0.25) is 33.8 Å². The highest BCUT2D eigenvalue weighted by molar-refractivity contribution is 5.90. The zero-order chi connectivity index (χ0) is 36.0. The number of esters is 1. The summed E-state index contributed by atoms with van der Waals surface area (Å²) in [5.41, 5.74) is 0.842. The van der Waals surface area contributed by atoms with Gasteiger partial charge in [0, 0.05) is 57.4 Å². The van der Waals surface area contributed by atoms with E-state index in [1.165, 1.54) is 7.11 Å². The van der Waals surface area contributed by atoms with Crippen molar-refractivity contribution in [3.05, 3.63) is 30.1 Å². The third kappa shape index (κ3) is 11.5. The van der Waals surface area contributed by atoms with Gasteiger partial charge >= 0.3 is 11.9 Å². The van der Waals surface area contributed by atoms with E-state index >= 15 is 0 Å². The summed E-state index contributed by atoms with van der Waals surface area (Å²) in [6.07, 6.45) is 10.3. The van der Waals surface area contributed by atoms with E-state index in [9.17, 15) is 28.8 Å². The number of hydrogen-bond donors (Lipinski definition) is 3. The van der Waals surface area contributed by atoms with Crippen LogP contribution in [0, 0.1) is 11.8 Å². The number of nitrogens with one attached hydrogen (secondary N) is 2. The zero-order valence-electron chi connectivity index (χ0n) is 29.1. The number of hydrogen-bond acceptors (Lipinski definition) is 10. The average molecular weight is 702 g/mol. The Morgan fingerprint density at radius 2 is 1.66 bits per heavy atom. The lowest BCUT2D eigenvalue weighted by molar-refractivity contribution is -0.153. The Hall–Kier alpha value is -4.11. The quantitative estimate of drug-likeness (QED) is 0.158. The molecule has 15 heteroatoms. The minimum Gasteiger partial charge on any atom is -0.480 e. The first-order valence-electron chi connectivity index (χ1n) is 17.6. The van der Waals surface area contributed by atoms with Gasteiger partial charge in [-0.15, -0.1) is 0 Å². The van der Waals surface area contributed by atoms with E-state index < -0.39 is 36.9 Å². The van der Waals surface area contributed by atoms with Crippen LogP contribution in [-0.2, 0) is 43.0 Å². The minimum atomic E-state index is -1.20. The van der Waals surface area contributed by atoms with E-state index in [4.69, 9.17) is 14.6 Å². The van der Waals surface area contributed by atoms with Gasteiger partial charge in [0.05, 0.1) is 37.9 Å². The number of methoxy groups -OCH3 is 1. The molecule has 50 heavy (non-hydrogen) atoms. The highest BCUT2D eigenvalue weighted by Gasteiger charge is 2.42. The number of amides is 4. The predicted molar refractivity (Wildman–Crippen MR) is 178 cm³/mol. The normalized spacial score (nSPS) is 25.1. The molecule has 3 fully saturated rings. The summed E-state index contributed by atoms with van der Waals surface area (Å²) in [4.78, 5) is 80.3. The molecule has 276 valence electrons. The van der Waals surface area contributed by atoms with E-state index in [-0.39, 0.29) is 54.3 Å². The van der Waals surface area contributed by atoms with Crippen LogP contribution in [0.2, 0.25) is 0 Å². The Morgan fingerprint density at radius 1 is 0.980 bits per heavy atom. The summed E-state index contributed by atoms with van der Waals surface area (Å²) in [7, 11) is 2.90. The molecular formula is C35H51N5O10. The molecule has 2 atom stereocenters. The molecular weight excluding hydrogens is 650 g/mol. The van der Waals surface area contributed by atoms with Crippen molar-refractivity contribution in [2.45, 2.75) is 94.9 Å². The van der Waals surface area contributed by atoms with E-state index in [1.54, 1.807) is 30.4 Å². The van der Waals surface area contributed by atoms with Gasteiger partial charge in [0.1, 0.15) is 13.1 Å². The Kier molecular flexibility index (Phi) is 15.0. The molecule has 2 aliphatic carbocycles. The summed E-state index contributed by atoms with van der Waals surface area (Å²) in [5.74, 6) is -3.42. The van der Waals surface area contributed by atoms with Gasteiger partial charge in [0.25, 0.3) is 0 Å². The third-order valence-electron chi connectivity index (χ3n) is 9.85. The van der Waals surface area contributed by atoms with Crippen molar-refractivity contribution in [1.29, 1.82) is 0 Å². The van der Waals surface area contributed by atoms with Crippen LogP contribution in [0.25, 0.3) is 0 Å². The van der Waals surface area contributed by atoms with Crippen LogP contribution >= 0.6 is 0 Å². The number of rotatable bonds is 17. The maximum absolute atomic E-state index is 13.0. The van der Waals surface area contributed by atoms with E-state index in [0.717, 1.165) is 36.1 Å². The fraction of sp³-hybridized carbons (Fsp3) is 0.686. The van der Waals surface area contributed by atoms with Crippen LogP contribution < -0.4 is 10.6 Å². The van der Waals surface area contributed by atoms with Crippen molar-refractivity contribution in [3.63, 3.8) is 0 Å². The molecule has 1 aromatic heterocycles. The molecule has 1 aliphatic heterocycles. The Morgan fingerprint density at radius 3 is 2.28 bits per heavy atom. The van der Waals surface area contributed by atoms with Crippen LogP contribution in [-0.4, -0.2) is 121 Å². The van der Waals surface area contributed by atoms with Crippen LogP contribution in [0.5, 0.6) is 0 Å². The van der Waals surface area contributed by atoms with E-state index in [0.29, 0.717) is 58.3 Å². The predicted octanol–water partition coefficient (Wildman–Crippen LogP) is 1.60. The lowest BCUT2D eigenvalue weighted by atomic mass is 9.85. The molecule has 15 nitrogen and oxygen atoms in total. The second-order valence-electron chi connectivity index (χ2n) is 13.4. The Bertz CT molecular complexity index is 1310. The van der Waals surface area contributed by atoms with E-state index in [1.807, 2.05) is 6.07 Å². The lowest BCUT2D eigenvalue weighted by Crippen LogP contribution is -2.45. The molecule has 3 aliphatic rings. The van der Waals surface area contributed by atoms with Crippen molar-refractivity contribution in [2.24, 2.45) is 11.8 Å². The lowest BCUT2D eigenvalue weighted by Gasteiger charge is -2.31. The molecule has 0 bridgehead atoms. The van der Waals surface area contributed by atoms with Crippen LogP contribution in [0.15, 0.2) is 24.5 Å². The van der Waals surface area contributed by atoms with Gasteiger partial charge in [0.2, 0.25) is 23.6 Å². The molecule has 2 saturated carbocycles. The Labute approximate surface area is 292 Å². The van der Waals surface area contributed by atoms with Gasteiger partial charge in [-0.1, -0.05) is 6.07 Å². The fourth-order valence-corrected chi connectivity index (χ4v) is 7.13. The van der Waals surface area contributed by atoms with Crippen molar-refractivity contribution in [2.75, 3.05) is 47.0 Å². The smallest absolute Gasteiger partial charge is 0.325 e. The molecule has 4 amide bonds. The summed E-state index contributed by atoms with van der Waals surface area (Å²) >= 11 is 0. The topological polar surface area (TPSA) is 194 Å². The third-order valence-corrected chi connectivity index (χ3v) is 9.85. The number of pyridine rings is 1. The maximum atomic E-state index is 13.0. The first-order valence-corrected chi connectivity index (χ1v) is 17.6. The number of ether oxygens (including phenoxy) is 3. The average Bonchev–Trinajstić information content (AvgIpc) is 3.42. The molecule has 1 aromatic rings. The first-order chi connectivity index (χ1) is 24.0. The summed E-state index contributed by atoms with van der Waals surface area (Å²) in [6, 6.07) is 3.30. The SMILES string of the molecule is COC(=O)CN(CC(=O)O)C(=O)C1CCC(NC(=O)CCCOC2CCC(OCCNC(=O)[C@H]3CC(=O)N(C)[C@@H]3c3cccnc3)CC2)CC1. The number of carboxylic acids is 1. The van der Waals surface area contributed by atoms with Gasteiger partial charge < -0.3 is 39.8 Å². The molecule has 2 heterocycles. The number of carbonyl (C=O) groups excluding carboxylic acids is 5. The molecule has 3 N–H and O–H groups in total. The van der Waals surface area contributed by atoms with Gasteiger partial charge in [-0.05, 0) is 69.4 Å². The monoisotopic (exact) mass is 701 g/mol. The number of aromatic nitrogens is 1. The van der Waals surface area contributed by atoms with E-state index in [2.05, 4.69) is 20.4 Å². The van der Waals surface area contributed by atoms with Gasteiger partial charge in [-0.25, -0.2) is 0 Å². The number of carboxylic acid groups (broad SMARTS) is 1. The molecule has 0 unspecified atom stereocenters. The fourth-order valence-electron chi connectivity index (χ4n) is 7.13. The van der Waals surface area contributed by atoms with Gasteiger partial charge in [0.15, 0.2) is 0 Å². The summed E-state index contributed by atoms with van der Waals surface area (Å²) in [5, 5.41) is 15.1. The van der Waals surface area contributed by atoms with Crippen LogP contribution in [0.3, 0.4) is 0 Å². The number of aliphatic carboxylic acids is 1. The first kappa shape index (κ1) is 38.7. The molecule has 0 spiro atoms.